The van der Waals surface area contributed by atoms with E-state index in [0.29, 0.717) is 6.42 Å². The smallest absolute Gasteiger partial charge is 0.166 e. The standard InChI is InChI=1S/C19H24O/c1-13-9-10-15(14(13)2)12-18(20)16-7-6-8-17(11-16)19(3,4)5/h6-9,11H,10,12H2,1-5H3. The van der Waals surface area contributed by atoms with Crippen molar-refractivity contribution in [1.29, 1.82) is 0 Å². The van der Waals surface area contributed by atoms with Crippen molar-refractivity contribution in [3.8, 4) is 0 Å². The van der Waals surface area contributed by atoms with Crippen molar-refractivity contribution in [3.05, 3.63) is 58.2 Å². The molecular formula is C19H24O. The molecule has 1 aliphatic carbocycles. The van der Waals surface area contributed by atoms with Gasteiger partial charge in [0.05, 0.1) is 0 Å². The molecule has 0 N–H and O–H groups in total. The van der Waals surface area contributed by atoms with E-state index in [1.807, 2.05) is 18.2 Å². The molecule has 0 bridgehead atoms. The van der Waals surface area contributed by atoms with Gasteiger partial charge in [-0.25, -0.2) is 0 Å². The lowest BCUT2D eigenvalue weighted by atomic mass is 9.85. The summed E-state index contributed by atoms with van der Waals surface area (Å²) >= 11 is 0. The van der Waals surface area contributed by atoms with Gasteiger partial charge in [-0.05, 0) is 42.9 Å². The quantitative estimate of drug-likeness (QED) is 0.686. The molecule has 0 spiro atoms. The van der Waals surface area contributed by atoms with Gasteiger partial charge in [-0.2, -0.15) is 0 Å². The van der Waals surface area contributed by atoms with Crippen LogP contribution in [0.1, 0.15) is 63.4 Å². The summed E-state index contributed by atoms with van der Waals surface area (Å²) in [6, 6.07) is 8.08. The highest BCUT2D eigenvalue weighted by atomic mass is 16.1. The van der Waals surface area contributed by atoms with Crippen LogP contribution in [0, 0.1) is 0 Å². The van der Waals surface area contributed by atoms with Crippen molar-refractivity contribution >= 4 is 5.78 Å². The molecule has 0 saturated carbocycles. The highest BCUT2D eigenvalue weighted by Crippen LogP contribution is 2.29. The molecule has 1 nitrogen and oxygen atoms in total. The Morgan fingerprint density at radius 2 is 1.90 bits per heavy atom. The second-order valence-corrected chi connectivity index (χ2v) is 6.75. The van der Waals surface area contributed by atoms with Crippen LogP contribution in [0.3, 0.4) is 0 Å². The van der Waals surface area contributed by atoms with E-state index in [2.05, 4.69) is 46.8 Å². The van der Waals surface area contributed by atoms with Crippen molar-refractivity contribution in [1.82, 2.24) is 0 Å². The summed E-state index contributed by atoms with van der Waals surface area (Å²) in [6.45, 7) is 10.8. The van der Waals surface area contributed by atoms with Gasteiger partial charge in [0.25, 0.3) is 0 Å². The molecular weight excluding hydrogens is 244 g/mol. The Labute approximate surface area is 122 Å². The molecule has 0 aliphatic heterocycles. The van der Waals surface area contributed by atoms with Gasteiger partial charge in [0, 0.05) is 12.0 Å². The molecule has 106 valence electrons. The number of hydrogen-bond acceptors (Lipinski definition) is 1. The molecule has 0 heterocycles. The summed E-state index contributed by atoms with van der Waals surface area (Å²) in [5.74, 6) is 0.230. The zero-order chi connectivity index (χ0) is 14.9. The van der Waals surface area contributed by atoms with E-state index in [1.54, 1.807) is 0 Å². The van der Waals surface area contributed by atoms with E-state index >= 15 is 0 Å². The van der Waals surface area contributed by atoms with Crippen LogP contribution in [0.5, 0.6) is 0 Å². The summed E-state index contributed by atoms with van der Waals surface area (Å²) in [5.41, 5.74) is 6.02. The monoisotopic (exact) mass is 268 g/mol. The molecule has 0 saturated heterocycles. The van der Waals surface area contributed by atoms with E-state index in [-0.39, 0.29) is 11.2 Å². The highest BCUT2D eigenvalue weighted by molar-refractivity contribution is 5.98. The lowest BCUT2D eigenvalue weighted by Crippen LogP contribution is -2.12. The van der Waals surface area contributed by atoms with Crippen LogP contribution in [0.4, 0.5) is 0 Å². The summed E-state index contributed by atoms with van der Waals surface area (Å²) in [4.78, 5) is 12.5. The van der Waals surface area contributed by atoms with E-state index in [0.717, 1.165) is 12.0 Å². The number of Topliss-reactive ketones (excluding diaryl/α,β-unsaturated/α-hetero) is 1. The minimum absolute atomic E-state index is 0.0803. The van der Waals surface area contributed by atoms with Crippen LogP contribution >= 0.6 is 0 Å². The first-order valence-corrected chi connectivity index (χ1v) is 7.28. The summed E-state index contributed by atoms with van der Waals surface area (Å²) in [5, 5.41) is 0. The SMILES string of the molecule is CC1=CCC(CC(=O)c2cccc(C(C)(C)C)c2)=C1C. The Kier molecular flexibility index (Phi) is 3.99. The molecule has 0 amide bonds. The zero-order valence-electron chi connectivity index (χ0n) is 13.2. The van der Waals surface area contributed by atoms with Gasteiger partial charge in [0.2, 0.25) is 0 Å². The van der Waals surface area contributed by atoms with Crippen LogP contribution in [0.25, 0.3) is 0 Å². The van der Waals surface area contributed by atoms with E-state index in [4.69, 9.17) is 0 Å². The third-order valence-electron chi connectivity index (χ3n) is 4.20. The Balaban J connectivity index is 2.19. The zero-order valence-corrected chi connectivity index (χ0v) is 13.2. The third kappa shape index (κ3) is 3.09. The molecule has 0 radical (unpaired) electrons. The minimum Gasteiger partial charge on any atom is -0.294 e. The fraction of sp³-hybridized carbons (Fsp3) is 0.421. The van der Waals surface area contributed by atoms with Gasteiger partial charge in [0.15, 0.2) is 5.78 Å². The topological polar surface area (TPSA) is 17.1 Å². The van der Waals surface area contributed by atoms with Crippen LogP contribution in [-0.4, -0.2) is 5.78 Å². The fourth-order valence-electron chi connectivity index (χ4n) is 2.52. The van der Waals surface area contributed by atoms with Crippen LogP contribution in [0.15, 0.2) is 47.1 Å². The van der Waals surface area contributed by atoms with Crippen molar-refractivity contribution < 1.29 is 4.79 Å². The summed E-state index contributed by atoms with van der Waals surface area (Å²) in [6.07, 6.45) is 3.69. The maximum Gasteiger partial charge on any atom is 0.166 e. The lowest BCUT2D eigenvalue weighted by Gasteiger charge is -2.19. The normalized spacial score (nSPS) is 15.6. The molecule has 2 rings (SSSR count). The Bertz CT molecular complexity index is 594. The van der Waals surface area contributed by atoms with Crippen LogP contribution < -0.4 is 0 Å². The van der Waals surface area contributed by atoms with Crippen molar-refractivity contribution in [2.24, 2.45) is 0 Å². The largest absolute Gasteiger partial charge is 0.294 e. The number of ketones is 1. The molecule has 0 aromatic heterocycles. The minimum atomic E-state index is 0.0803. The highest BCUT2D eigenvalue weighted by Gasteiger charge is 2.18. The van der Waals surface area contributed by atoms with E-state index in [9.17, 15) is 4.79 Å². The average Bonchev–Trinajstić information content (AvgIpc) is 2.70. The molecule has 0 atom stereocenters. The van der Waals surface area contributed by atoms with Gasteiger partial charge in [-0.15, -0.1) is 0 Å². The second kappa shape index (κ2) is 5.40. The van der Waals surface area contributed by atoms with E-state index < -0.39 is 0 Å². The first kappa shape index (κ1) is 14.8. The number of carbonyl (C=O) groups is 1. The molecule has 1 aromatic carbocycles. The van der Waals surface area contributed by atoms with E-state index in [1.165, 1.54) is 22.3 Å². The van der Waals surface area contributed by atoms with Crippen molar-refractivity contribution in [2.45, 2.75) is 52.9 Å². The van der Waals surface area contributed by atoms with Gasteiger partial charge < -0.3 is 0 Å². The van der Waals surface area contributed by atoms with Gasteiger partial charge >= 0.3 is 0 Å². The Morgan fingerprint density at radius 1 is 1.20 bits per heavy atom. The first-order valence-electron chi connectivity index (χ1n) is 7.28. The first-order chi connectivity index (χ1) is 9.29. The summed E-state index contributed by atoms with van der Waals surface area (Å²) in [7, 11) is 0. The number of hydrogen-bond donors (Lipinski definition) is 0. The second-order valence-electron chi connectivity index (χ2n) is 6.75. The van der Waals surface area contributed by atoms with Gasteiger partial charge in [-0.3, -0.25) is 4.79 Å². The molecule has 0 unspecified atom stereocenters. The Morgan fingerprint density at radius 3 is 2.45 bits per heavy atom. The molecule has 1 heteroatoms. The van der Waals surface area contributed by atoms with Crippen molar-refractivity contribution in [3.63, 3.8) is 0 Å². The maximum absolute atomic E-state index is 12.5. The van der Waals surface area contributed by atoms with Gasteiger partial charge in [-0.1, -0.05) is 56.2 Å². The van der Waals surface area contributed by atoms with Crippen molar-refractivity contribution in [2.75, 3.05) is 0 Å². The molecule has 1 aliphatic rings. The number of allylic oxidation sites excluding steroid dienone is 4. The molecule has 20 heavy (non-hydrogen) atoms. The molecule has 0 fully saturated rings. The Hall–Kier alpha value is -1.63. The number of rotatable bonds is 3. The average molecular weight is 268 g/mol. The van der Waals surface area contributed by atoms with Gasteiger partial charge in [0.1, 0.15) is 0 Å². The number of carbonyl (C=O) groups excluding carboxylic acids is 1. The molecule has 1 aromatic rings. The third-order valence-corrected chi connectivity index (χ3v) is 4.20. The maximum atomic E-state index is 12.5. The van der Waals surface area contributed by atoms with Crippen LogP contribution in [-0.2, 0) is 5.41 Å². The lowest BCUT2D eigenvalue weighted by molar-refractivity contribution is 0.0992. The van der Waals surface area contributed by atoms with Crippen LogP contribution in [0.2, 0.25) is 0 Å². The fourth-order valence-corrected chi connectivity index (χ4v) is 2.52. The number of benzene rings is 1. The summed E-state index contributed by atoms with van der Waals surface area (Å²) < 4.78 is 0. The predicted octanol–water partition coefficient (Wildman–Crippen LogP) is 5.22. The predicted molar refractivity (Wildman–Crippen MR) is 85.2 cm³/mol.